The molecule has 0 bridgehead atoms. The van der Waals surface area contributed by atoms with Crippen molar-refractivity contribution < 1.29 is 19.1 Å². The van der Waals surface area contributed by atoms with E-state index in [0.717, 1.165) is 11.3 Å². The fraction of sp³-hybridized carbons (Fsp3) is 0.364. The molecule has 2 amide bonds. The smallest absolute Gasteiger partial charge is 0.223 e. The largest absolute Gasteiger partial charge is 0.496 e. The van der Waals surface area contributed by atoms with Crippen LogP contribution in [0.3, 0.4) is 0 Å². The van der Waals surface area contributed by atoms with E-state index in [1.54, 1.807) is 12.0 Å². The summed E-state index contributed by atoms with van der Waals surface area (Å²) in [4.78, 5) is 25.9. The van der Waals surface area contributed by atoms with Gasteiger partial charge in [-0.2, -0.15) is 0 Å². The van der Waals surface area contributed by atoms with Crippen molar-refractivity contribution in [3.63, 3.8) is 0 Å². The average molecular weight is 384 g/mol. The van der Waals surface area contributed by atoms with Gasteiger partial charge >= 0.3 is 0 Å². The van der Waals surface area contributed by atoms with E-state index >= 15 is 0 Å². The number of carbonyl (C=O) groups excluding carboxylic acids is 2. The molecule has 0 aromatic heterocycles. The SMILES string of the molecule is CCOc1ccccc1N(CCC(=O)NCCc1ccccc1OC)C(C)=O. The molecule has 2 aromatic rings. The Morgan fingerprint density at radius 1 is 1.04 bits per heavy atom. The number of rotatable bonds is 10. The van der Waals surface area contributed by atoms with Gasteiger partial charge in [-0.05, 0) is 37.1 Å². The van der Waals surface area contributed by atoms with E-state index in [9.17, 15) is 9.59 Å². The zero-order valence-electron chi connectivity index (χ0n) is 16.7. The molecule has 0 heterocycles. The minimum atomic E-state index is -0.131. The molecule has 0 saturated heterocycles. The zero-order chi connectivity index (χ0) is 20.4. The maximum absolute atomic E-state index is 12.2. The van der Waals surface area contributed by atoms with E-state index in [0.29, 0.717) is 37.6 Å². The number of benzene rings is 2. The van der Waals surface area contributed by atoms with Gasteiger partial charge in [-0.1, -0.05) is 30.3 Å². The fourth-order valence-corrected chi connectivity index (χ4v) is 2.95. The molecule has 0 fully saturated rings. The van der Waals surface area contributed by atoms with Crippen molar-refractivity contribution in [3.05, 3.63) is 54.1 Å². The average Bonchev–Trinajstić information content (AvgIpc) is 2.69. The molecule has 0 saturated carbocycles. The second kappa shape index (κ2) is 11.0. The highest BCUT2D eigenvalue weighted by Gasteiger charge is 2.17. The second-order valence-electron chi connectivity index (χ2n) is 6.23. The lowest BCUT2D eigenvalue weighted by molar-refractivity contribution is -0.121. The Labute approximate surface area is 166 Å². The van der Waals surface area contributed by atoms with E-state index in [2.05, 4.69) is 5.32 Å². The molecule has 6 nitrogen and oxygen atoms in total. The Morgan fingerprint density at radius 3 is 2.39 bits per heavy atom. The summed E-state index contributed by atoms with van der Waals surface area (Å²) >= 11 is 0. The molecule has 0 atom stereocenters. The number of nitrogens with zero attached hydrogens (tertiary/aromatic N) is 1. The van der Waals surface area contributed by atoms with Gasteiger partial charge < -0.3 is 19.7 Å². The third kappa shape index (κ3) is 6.01. The molecule has 0 aliphatic heterocycles. The second-order valence-corrected chi connectivity index (χ2v) is 6.23. The van der Waals surface area contributed by atoms with Crippen LogP contribution in [0, 0.1) is 0 Å². The van der Waals surface area contributed by atoms with Crippen LogP contribution in [-0.2, 0) is 16.0 Å². The first-order chi connectivity index (χ1) is 13.6. The van der Waals surface area contributed by atoms with Crippen molar-refractivity contribution in [2.45, 2.75) is 26.7 Å². The van der Waals surface area contributed by atoms with Gasteiger partial charge in [-0.15, -0.1) is 0 Å². The Balaban J connectivity index is 1.90. The van der Waals surface area contributed by atoms with E-state index in [1.165, 1.54) is 6.92 Å². The first-order valence-corrected chi connectivity index (χ1v) is 9.45. The third-order valence-electron chi connectivity index (χ3n) is 4.31. The molecule has 0 aliphatic rings. The molecule has 2 aromatic carbocycles. The number of anilines is 1. The lowest BCUT2D eigenvalue weighted by Crippen LogP contribution is -2.34. The molecule has 1 N–H and O–H groups in total. The van der Waals surface area contributed by atoms with Crippen LogP contribution in [0.25, 0.3) is 0 Å². The highest BCUT2D eigenvalue weighted by molar-refractivity contribution is 5.93. The van der Waals surface area contributed by atoms with Crippen LogP contribution in [0.5, 0.6) is 11.5 Å². The number of hydrogen-bond donors (Lipinski definition) is 1. The van der Waals surface area contributed by atoms with Gasteiger partial charge in [0.15, 0.2) is 0 Å². The standard InChI is InChI=1S/C22H28N2O4/c1-4-28-21-12-8-6-10-19(21)24(17(2)25)16-14-22(26)23-15-13-18-9-5-7-11-20(18)27-3/h5-12H,4,13-16H2,1-3H3,(H,23,26). The highest BCUT2D eigenvalue weighted by Crippen LogP contribution is 2.28. The molecule has 2 rings (SSSR count). The van der Waals surface area contributed by atoms with Crippen molar-refractivity contribution in [3.8, 4) is 11.5 Å². The minimum Gasteiger partial charge on any atom is -0.496 e. The van der Waals surface area contributed by atoms with Crippen LogP contribution >= 0.6 is 0 Å². The summed E-state index contributed by atoms with van der Waals surface area (Å²) in [6.07, 6.45) is 0.894. The summed E-state index contributed by atoms with van der Waals surface area (Å²) in [6.45, 7) is 4.69. The molecular weight excluding hydrogens is 356 g/mol. The number of methoxy groups -OCH3 is 1. The number of amides is 2. The maximum Gasteiger partial charge on any atom is 0.223 e. The summed E-state index contributed by atoms with van der Waals surface area (Å²) in [5, 5.41) is 2.90. The normalized spacial score (nSPS) is 10.2. The zero-order valence-corrected chi connectivity index (χ0v) is 16.7. The van der Waals surface area contributed by atoms with Crippen molar-refractivity contribution in [1.29, 1.82) is 0 Å². The lowest BCUT2D eigenvalue weighted by Gasteiger charge is -2.23. The summed E-state index contributed by atoms with van der Waals surface area (Å²) in [6, 6.07) is 15.1. The van der Waals surface area contributed by atoms with Crippen molar-refractivity contribution in [1.82, 2.24) is 5.32 Å². The first kappa shape index (κ1) is 21.3. The van der Waals surface area contributed by atoms with E-state index in [-0.39, 0.29) is 18.2 Å². The van der Waals surface area contributed by atoms with Crippen LogP contribution in [0.4, 0.5) is 5.69 Å². The van der Waals surface area contributed by atoms with E-state index in [1.807, 2.05) is 55.5 Å². The molecule has 0 spiro atoms. The predicted molar refractivity (Wildman–Crippen MR) is 110 cm³/mol. The summed E-state index contributed by atoms with van der Waals surface area (Å²) in [5.41, 5.74) is 1.72. The van der Waals surface area contributed by atoms with Gasteiger partial charge in [0.05, 0.1) is 19.4 Å². The number of nitrogens with one attached hydrogen (secondary N) is 1. The van der Waals surface area contributed by atoms with Crippen molar-refractivity contribution in [2.75, 3.05) is 31.7 Å². The minimum absolute atomic E-state index is 0.102. The molecule has 6 heteroatoms. The molecule has 0 unspecified atom stereocenters. The lowest BCUT2D eigenvalue weighted by atomic mass is 10.1. The van der Waals surface area contributed by atoms with E-state index in [4.69, 9.17) is 9.47 Å². The number of ether oxygens (including phenoxy) is 2. The monoisotopic (exact) mass is 384 g/mol. The topological polar surface area (TPSA) is 67.9 Å². The molecule has 0 aliphatic carbocycles. The van der Waals surface area contributed by atoms with Crippen LogP contribution < -0.4 is 19.7 Å². The summed E-state index contributed by atoms with van der Waals surface area (Å²) < 4.78 is 10.9. The molecule has 150 valence electrons. The molecular formula is C22H28N2O4. The van der Waals surface area contributed by atoms with Crippen molar-refractivity contribution in [2.24, 2.45) is 0 Å². The van der Waals surface area contributed by atoms with Crippen LogP contribution in [0.1, 0.15) is 25.8 Å². The maximum atomic E-state index is 12.2. The van der Waals surface area contributed by atoms with Gasteiger partial charge in [0.25, 0.3) is 0 Å². The van der Waals surface area contributed by atoms with Crippen LogP contribution in [0.2, 0.25) is 0 Å². The summed E-state index contributed by atoms with van der Waals surface area (Å²) in [5.74, 6) is 1.22. The molecule has 28 heavy (non-hydrogen) atoms. The van der Waals surface area contributed by atoms with Crippen LogP contribution in [0.15, 0.2) is 48.5 Å². The third-order valence-corrected chi connectivity index (χ3v) is 4.31. The van der Waals surface area contributed by atoms with Crippen molar-refractivity contribution >= 4 is 17.5 Å². The quantitative estimate of drug-likeness (QED) is 0.683. The Bertz CT molecular complexity index is 792. The Morgan fingerprint density at radius 2 is 1.71 bits per heavy atom. The predicted octanol–water partition coefficient (Wildman–Crippen LogP) is 3.20. The fourth-order valence-electron chi connectivity index (χ4n) is 2.95. The van der Waals surface area contributed by atoms with E-state index < -0.39 is 0 Å². The van der Waals surface area contributed by atoms with Gasteiger partial charge in [0.1, 0.15) is 11.5 Å². The molecule has 0 radical (unpaired) electrons. The summed E-state index contributed by atoms with van der Waals surface area (Å²) in [7, 11) is 1.63. The number of para-hydroxylation sites is 3. The van der Waals surface area contributed by atoms with Gasteiger partial charge in [0.2, 0.25) is 11.8 Å². The van der Waals surface area contributed by atoms with Crippen LogP contribution in [-0.4, -0.2) is 38.6 Å². The Hall–Kier alpha value is -3.02. The number of hydrogen-bond acceptors (Lipinski definition) is 4. The number of carbonyl (C=O) groups is 2. The Kier molecular flexibility index (Phi) is 8.34. The van der Waals surface area contributed by atoms with Gasteiger partial charge in [-0.3, -0.25) is 9.59 Å². The highest BCUT2D eigenvalue weighted by atomic mass is 16.5. The first-order valence-electron chi connectivity index (χ1n) is 9.45. The van der Waals surface area contributed by atoms with Gasteiger partial charge in [0, 0.05) is 26.4 Å². The van der Waals surface area contributed by atoms with Gasteiger partial charge in [-0.25, -0.2) is 0 Å².